The van der Waals surface area contributed by atoms with Crippen LogP contribution in [-0.2, 0) is 4.74 Å². The highest BCUT2D eigenvalue weighted by molar-refractivity contribution is 7.80. The van der Waals surface area contributed by atoms with Gasteiger partial charge in [0.25, 0.3) is 0 Å². The predicted octanol–water partition coefficient (Wildman–Crippen LogP) is 1.56. The highest BCUT2D eigenvalue weighted by Gasteiger charge is 2.27. The number of ether oxygens (including phenoxy) is 1. The Hall–Kier alpha value is -0.400. The summed E-state index contributed by atoms with van der Waals surface area (Å²) in [6, 6.07) is 0. The Morgan fingerprint density at radius 3 is 2.50 bits per heavy atom. The summed E-state index contributed by atoms with van der Waals surface area (Å²) in [5, 5.41) is 0. The number of nitrogens with two attached hydrogens (primary N) is 1. The maximum atomic E-state index is 11.7. The Labute approximate surface area is 98.7 Å². The number of hydrogen-bond acceptors (Lipinski definition) is 3. The summed E-state index contributed by atoms with van der Waals surface area (Å²) in [4.78, 5) is 2.40. The maximum absolute atomic E-state index is 11.7. The van der Waals surface area contributed by atoms with Crippen molar-refractivity contribution in [3.05, 3.63) is 0 Å². The second-order valence-corrected chi connectivity index (χ2v) is 4.07. The molecule has 3 nitrogen and oxygen atoms in total. The van der Waals surface area contributed by atoms with Gasteiger partial charge < -0.3 is 15.4 Å². The van der Waals surface area contributed by atoms with Crippen molar-refractivity contribution >= 4 is 17.2 Å². The van der Waals surface area contributed by atoms with Crippen LogP contribution in [0.1, 0.15) is 12.8 Å². The molecule has 0 unspecified atom stereocenters. The normalized spacial score (nSPS) is 12.1. The molecule has 0 spiro atoms. The quantitative estimate of drug-likeness (QED) is 0.530. The first-order valence-electron chi connectivity index (χ1n) is 4.92. The van der Waals surface area contributed by atoms with Crippen LogP contribution >= 0.6 is 12.2 Å². The van der Waals surface area contributed by atoms with E-state index in [1.807, 2.05) is 11.9 Å². The number of hydrogen-bond donors (Lipinski definition) is 1. The largest absolute Gasteiger partial charge is 0.411 e. The van der Waals surface area contributed by atoms with Crippen LogP contribution in [0.2, 0.25) is 0 Å². The molecule has 16 heavy (non-hydrogen) atoms. The SMILES string of the molecule is CN(CCCOCC(F)(F)F)CCC(N)=S. The van der Waals surface area contributed by atoms with Crippen LogP contribution in [0.25, 0.3) is 0 Å². The zero-order chi connectivity index (χ0) is 12.6. The first-order valence-corrected chi connectivity index (χ1v) is 5.33. The van der Waals surface area contributed by atoms with E-state index in [1.54, 1.807) is 0 Å². The highest BCUT2D eigenvalue weighted by Crippen LogP contribution is 2.14. The fraction of sp³-hybridized carbons (Fsp3) is 0.889. The number of halogens is 3. The molecule has 0 aliphatic rings. The van der Waals surface area contributed by atoms with Crippen molar-refractivity contribution in [1.29, 1.82) is 0 Å². The Balaban J connectivity index is 3.34. The first-order chi connectivity index (χ1) is 7.31. The van der Waals surface area contributed by atoms with Crippen molar-refractivity contribution in [1.82, 2.24) is 4.90 Å². The average Bonchev–Trinajstić information content (AvgIpc) is 2.12. The molecule has 0 aliphatic carbocycles. The summed E-state index contributed by atoms with van der Waals surface area (Å²) in [7, 11) is 1.86. The van der Waals surface area contributed by atoms with Crippen molar-refractivity contribution in [2.24, 2.45) is 5.73 Å². The zero-order valence-corrected chi connectivity index (χ0v) is 10.0. The highest BCUT2D eigenvalue weighted by atomic mass is 32.1. The van der Waals surface area contributed by atoms with E-state index in [-0.39, 0.29) is 6.61 Å². The van der Waals surface area contributed by atoms with Crippen LogP contribution in [0.15, 0.2) is 0 Å². The molecule has 0 fully saturated rings. The lowest BCUT2D eigenvalue weighted by atomic mass is 10.3. The van der Waals surface area contributed by atoms with Crippen LogP contribution in [-0.4, -0.2) is 49.4 Å². The van der Waals surface area contributed by atoms with Gasteiger partial charge in [-0.25, -0.2) is 0 Å². The molecule has 96 valence electrons. The molecular formula is C9H17F3N2OS. The number of nitrogens with zero attached hydrogens (tertiary/aromatic N) is 1. The van der Waals surface area contributed by atoms with Crippen LogP contribution < -0.4 is 5.73 Å². The van der Waals surface area contributed by atoms with Crippen molar-refractivity contribution < 1.29 is 17.9 Å². The van der Waals surface area contributed by atoms with E-state index in [9.17, 15) is 13.2 Å². The molecule has 0 saturated heterocycles. The summed E-state index contributed by atoms with van der Waals surface area (Å²) in [6.45, 7) is 0.315. The van der Waals surface area contributed by atoms with Gasteiger partial charge >= 0.3 is 6.18 Å². The standard InChI is InChI=1S/C9H17F3N2OS/c1-14(5-3-8(13)16)4-2-6-15-7-9(10,11)12/h2-7H2,1H3,(H2,13,16). The molecule has 0 amide bonds. The number of alkyl halides is 3. The lowest BCUT2D eigenvalue weighted by molar-refractivity contribution is -0.174. The Bertz CT molecular complexity index is 211. The number of thiocarbonyl (C=S) groups is 1. The maximum Gasteiger partial charge on any atom is 0.411 e. The van der Waals surface area contributed by atoms with Crippen molar-refractivity contribution in [3.63, 3.8) is 0 Å². The predicted molar refractivity (Wildman–Crippen MR) is 60.4 cm³/mol. The van der Waals surface area contributed by atoms with E-state index in [2.05, 4.69) is 4.74 Å². The molecule has 7 heteroatoms. The minimum absolute atomic E-state index is 0.108. The summed E-state index contributed by atoms with van der Waals surface area (Å²) < 4.78 is 39.5. The molecule has 0 bridgehead atoms. The van der Waals surface area contributed by atoms with Crippen molar-refractivity contribution in [2.45, 2.75) is 19.0 Å². The van der Waals surface area contributed by atoms with Gasteiger partial charge in [0.05, 0.1) is 4.99 Å². The zero-order valence-electron chi connectivity index (χ0n) is 9.22. The van der Waals surface area contributed by atoms with E-state index in [0.29, 0.717) is 30.9 Å². The van der Waals surface area contributed by atoms with Gasteiger partial charge in [0.2, 0.25) is 0 Å². The summed E-state index contributed by atoms with van der Waals surface area (Å²) >= 11 is 4.71. The van der Waals surface area contributed by atoms with Crippen LogP contribution in [0.4, 0.5) is 13.2 Å². The minimum atomic E-state index is -4.24. The van der Waals surface area contributed by atoms with Gasteiger partial charge in [-0.2, -0.15) is 13.2 Å². The molecule has 2 N–H and O–H groups in total. The van der Waals surface area contributed by atoms with Gasteiger partial charge in [-0.05, 0) is 13.5 Å². The van der Waals surface area contributed by atoms with Gasteiger partial charge in [0.15, 0.2) is 0 Å². The monoisotopic (exact) mass is 258 g/mol. The van der Waals surface area contributed by atoms with Crippen molar-refractivity contribution in [3.8, 4) is 0 Å². The molecule has 0 aromatic carbocycles. The molecule has 0 aliphatic heterocycles. The summed E-state index contributed by atoms with van der Waals surface area (Å²) in [6.07, 6.45) is -3.06. The van der Waals surface area contributed by atoms with Crippen LogP contribution in [0.3, 0.4) is 0 Å². The van der Waals surface area contributed by atoms with Crippen LogP contribution in [0, 0.1) is 0 Å². The summed E-state index contributed by atoms with van der Waals surface area (Å²) in [5.74, 6) is 0. The Kier molecular flexibility index (Phi) is 7.61. The molecule has 0 heterocycles. The van der Waals surface area contributed by atoms with E-state index >= 15 is 0 Å². The smallest absolute Gasteiger partial charge is 0.393 e. The second kappa shape index (κ2) is 7.81. The van der Waals surface area contributed by atoms with Gasteiger partial charge in [-0.3, -0.25) is 0 Å². The van der Waals surface area contributed by atoms with Gasteiger partial charge in [-0.1, -0.05) is 12.2 Å². The topological polar surface area (TPSA) is 38.5 Å². The molecule has 0 aromatic rings. The molecular weight excluding hydrogens is 241 g/mol. The average molecular weight is 258 g/mol. The Morgan fingerprint density at radius 2 is 2.00 bits per heavy atom. The Morgan fingerprint density at radius 1 is 1.38 bits per heavy atom. The van der Waals surface area contributed by atoms with E-state index in [1.165, 1.54) is 0 Å². The van der Waals surface area contributed by atoms with E-state index in [4.69, 9.17) is 18.0 Å². The summed E-state index contributed by atoms with van der Waals surface area (Å²) in [5.41, 5.74) is 5.32. The van der Waals surface area contributed by atoms with Gasteiger partial charge in [-0.15, -0.1) is 0 Å². The van der Waals surface area contributed by atoms with Crippen LogP contribution in [0.5, 0.6) is 0 Å². The molecule has 0 rings (SSSR count). The molecule has 0 aromatic heterocycles. The second-order valence-electron chi connectivity index (χ2n) is 3.54. The van der Waals surface area contributed by atoms with Crippen molar-refractivity contribution in [2.75, 3.05) is 33.4 Å². The fourth-order valence-electron chi connectivity index (χ4n) is 1.04. The minimum Gasteiger partial charge on any atom is -0.393 e. The van der Waals surface area contributed by atoms with Gasteiger partial charge in [0, 0.05) is 26.1 Å². The molecule has 0 atom stereocenters. The lowest BCUT2D eigenvalue weighted by Crippen LogP contribution is -2.26. The third-order valence-corrected chi connectivity index (χ3v) is 2.04. The molecule has 0 saturated carbocycles. The van der Waals surface area contributed by atoms with E-state index in [0.717, 1.165) is 0 Å². The lowest BCUT2D eigenvalue weighted by Gasteiger charge is -2.16. The molecule has 0 radical (unpaired) electrons. The van der Waals surface area contributed by atoms with Gasteiger partial charge in [0.1, 0.15) is 6.61 Å². The first kappa shape index (κ1) is 15.6. The van der Waals surface area contributed by atoms with E-state index < -0.39 is 12.8 Å². The third kappa shape index (κ3) is 11.7. The number of rotatable bonds is 8. The fourth-order valence-corrected chi connectivity index (χ4v) is 1.13. The third-order valence-electron chi connectivity index (χ3n) is 1.83.